The summed E-state index contributed by atoms with van der Waals surface area (Å²) in [4.78, 5) is 15.7. The predicted octanol–water partition coefficient (Wildman–Crippen LogP) is 1.90. The van der Waals surface area contributed by atoms with Crippen LogP contribution in [0.15, 0.2) is 29.3 Å². The summed E-state index contributed by atoms with van der Waals surface area (Å²) >= 11 is 1.57. The lowest BCUT2D eigenvalue weighted by Crippen LogP contribution is -2.41. The fourth-order valence-electron chi connectivity index (χ4n) is 2.82. The van der Waals surface area contributed by atoms with E-state index in [1.54, 1.807) is 11.8 Å². The molecule has 84 valence electrons. The number of thioether (sulfide) groups is 1. The van der Waals surface area contributed by atoms with Gasteiger partial charge in [-0.2, -0.15) is 0 Å². The van der Waals surface area contributed by atoms with Crippen LogP contribution in [0.3, 0.4) is 0 Å². The van der Waals surface area contributed by atoms with Crippen molar-refractivity contribution < 1.29 is 9.90 Å². The smallest absolute Gasteiger partial charge is 0.316 e. The normalized spacial score (nSPS) is 40.1. The van der Waals surface area contributed by atoms with Crippen molar-refractivity contribution in [1.29, 1.82) is 0 Å². The number of aliphatic carboxylic acids is 1. The van der Waals surface area contributed by atoms with Crippen LogP contribution >= 0.6 is 11.8 Å². The van der Waals surface area contributed by atoms with Crippen LogP contribution < -0.4 is 0 Å². The molecule has 1 saturated heterocycles. The lowest BCUT2D eigenvalue weighted by Gasteiger charge is -2.36. The van der Waals surface area contributed by atoms with Gasteiger partial charge in [-0.3, -0.25) is 9.79 Å². The number of nitrogens with zero attached hydrogens (tertiary/aromatic N) is 1. The Labute approximate surface area is 98.3 Å². The molecule has 3 unspecified atom stereocenters. The molecule has 2 aliphatic heterocycles. The van der Waals surface area contributed by atoms with Gasteiger partial charge in [0.1, 0.15) is 5.25 Å². The number of carbonyl (C=O) groups is 1. The summed E-state index contributed by atoms with van der Waals surface area (Å²) in [6.07, 6.45) is 9.97. The third-order valence-electron chi connectivity index (χ3n) is 3.59. The fraction of sp³-hybridized carbons (Fsp3) is 0.500. The molecule has 0 bridgehead atoms. The third kappa shape index (κ3) is 1.29. The van der Waals surface area contributed by atoms with Crippen LogP contribution in [0.2, 0.25) is 0 Å². The summed E-state index contributed by atoms with van der Waals surface area (Å²) in [5.41, 5.74) is 1.07. The van der Waals surface area contributed by atoms with E-state index in [4.69, 9.17) is 5.11 Å². The number of carboxylic acids is 1. The Balaban J connectivity index is 2.01. The molecule has 4 heteroatoms. The molecule has 1 aliphatic carbocycles. The standard InChI is InChI=1S/C12H13NO2S/c14-11(15)9-7-8-4-6-13-10-3-1-2-5-12(8,10)16-9/h1-3,5,8-9H,4,6-7H2,(H,14,15). The van der Waals surface area contributed by atoms with Crippen molar-refractivity contribution in [3.05, 3.63) is 24.3 Å². The van der Waals surface area contributed by atoms with Gasteiger partial charge < -0.3 is 5.11 Å². The number of carboxylic acid groups (broad SMARTS) is 1. The molecule has 2 heterocycles. The average molecular weight is 235 g/mol. The second kappa shape index (κ2) is 3.48. The van der Waals surface area contributed by atoms with Crippen molar-refractivity contribution in [3.8, 4) is 0 Å². The summed E-state index contributed by atoms with van der Waals surface area (Å²) in [6.45, 7) is 0.840. The van der Waals surface area contributed by atoms with Gasteiger partial charge in [-0.05, 0) is 24.8 Å². The molecule has 16 heavy (non-hydrogen) atoms. The van der Waals surface area contributed by atoms with Crippen LogP contribution in [-0.2, 0) is 4.79 Å². The lowest BCUT2D eigenvalue weighted by atomic mass is 9.78. The first-order chi connectivity index (χ1) is 7.72. The Bertz CT molecular complexity index is 427. The Hall–Kier alpha value is -1.03. The third-order valence-corrected chi connectivity index (χ3v) is 5.33. The highest BCUT2D eigenvalue weighted by atomic mass is 32.2. The maximum absolute atomic E-state index is 11.1. The van der Waals surface area contributed by atoms with E-state index in [0.29, 0.717) is 5.92 Å². The van der Waals surface area contributed by atoms with Crippen LogP contribution in [0.25, 0.3) is 0 Å². The number of aliphatic imine (C=N–C) groups is 1. The lowest BCUT2D eigenvalue weighted by molar-refractivity contribution is -0.136. The molecule has 3 nitrogen and oxygen atoms in total. The first-order valence-electron chi connectivity index (χ1n) is 5.54. The molecule has 1 fully saturated rings. The number of hydrogen-bond acceptors (Lipinski definition) is 3. The summed E-state index contributed by atoms with van der Waals surface area (Å²) in [6, 6.07) is 0. The molecule has 0 aromatic heterocycles. The van der Waals surface area contributed by atoms with Crippen LogP contribution in [-0.4, -0.2) is 33.3 Å². The molecule has 0 amide bonds. The topological polar surface area (TPSA) is 49.7 Å². The van der Waals surface area contributed by atoms with E-state index < -0.39 is 5.97 Å². The van der Waals surface area contributed by atoms with E-state index in [2.05, 4.69) is 11.1 Å². The highest BCUT2D eigenvalue weighted by Crippen LogP contribution is 2.53. The van der Waals surface area contributed by atoms with Crippen LogP contribution in [0.4, 0.5) is 0 Å². The van der Waals surface area contributed by atoms with Gasteiger partial charge in [0.2, 0.25) is 0 Å². The van der Waals surface area contributed by atoms with Gasteiger partial charge in [0.25, 0.3) is 0 Å². The Morgan fingerprint density at radius 2 is 2.44 bits per heavy atom. The van der Waals surface area contributed by atoms with Gasteiger partial charge in [-0.15, -0.1) is 11.8 Å². The van der Waals surface area contributed by atoms with Crippen LogP contribution in [0, 0.1) is 5.92 Å². The second-order valence-corrected chi connectivity index (χ2v) is 5.92. The van der Waals surface area contributed by atoms with Gasteiger partial charge in [0.15, 0.2) is 0 Å². The van der Waals surface area contributed by atoms with Crippen molar-refractivity contribution in [2.45, 2.75) is 22.8 Å². The summed E-state index contributed by atoms with van der Waals surface area (Å²) in [7, 11) is 0. The largest absolute Gasteiger partial charge is 0.480 e. The molecule has 3 aliphatic rings. The van der Waals surface area contributed by atoms with Crippen molar-refractivity contribution in [1.82, 2.24) is 0 Å². The first kappa shape index (κ1) is 10.1. The quantitative estimate of drug-likeness (QED) is 0.755. The molecule has 0 saturated carbocycles. The van der Waals surface area contributed by atoms with Gasteiger partial charge in [-0.25, -0.2) is 0 Å². The van der Waals surface area contributed by atoms with E-state index in [9.17, 15) is 4.79 Å². The SMILES string of the molecule is O=C(O)C1CC2CCN=C3C=CC=CC32S1. The highest BCUT2D eigenvalue weighted by molar-refractivity contribution is 8.03. The molecule has 0 aromatic carbocycles. The van der Waals surface area contributed by atoms with Crippen molar-refractivity contribution in [2.75, 3.05) is 6.54 Å². The Kier molecular flexibility index (Phi) is 2.21. The van der Waals surface area contributed by atoms with Gasteiger partial charge in [0, 0.05) is 6.54 Å². The molecular formula is C12H13NO2S. The van der Waals surface area contributed by atoms with Gasteiger partial charge >= 0.3 is 5.97 Å². The molecular weight excluding hydrogens is 222 g/mol. The predicted molar refractivity (Wildman–Crippen MR) is 65.1 cm³/mol. The van der Waals surface area contributed by atoms with E-state index in [1.165, 1.54) is 0 Å². The average Bonchev–Trinajstić information content (AvgIpc) is 2.66. The zero-order valence-electron chi connectivity index (χ0n) is 8.80. The zero-order valence-corrected chi connectivity index (χ0v) is 9.61. The maximum atomic E-state index is 11.1. The fourth-order valence-corrected chi connectivity index (χ4v) is 4.54. The van der Waals surface area contributed by atoms with E-state index >= 15 is 0 Å². The number of allylic oxidation sites excluding steroid dienone is 3. The monoisotopic (exact) mass is 235 g/mol. The Morgan fingerprint density at radius 1 is 1.56 bits per heavy atom. The van der Waals surface area contributed by atoms with Gasteiger partial charge in [-0.1, -0.05) is 18.2 Å². The minimum atomic E-state index is -0.684. The highest BCUT2D eigenvalue weighted by Gasteiger charge is 2.52. The molecule has 3 atom stereocenters. The summed E-state index contributed by atoms with van der Waals surface area (Å²) in [5.74, 6) is -0.247. The van der Waals surface area contributed by atoms with Crippen molar-refractivity contribution in [3.63, 3.8) is 0 Å². The van der Waals surface area contributed by atoms with Gasteiger partial charge in [0.05, 0.1) is 10.5 Å². The number of hydrogen-bond donors (Lipinski definition) is 1. The summed E-state index contributed by atoms with van der Waals surface area (Å²) in [5, 5.41) is 8.87. The molecule has 1 N–H and O–H groups in total. The zero-order chi connectivity index (χ0) is 11.2. The van der Waals surface area contributed by atoms with E-state index in [-0.39, 0.29) is 10.00 Å². The molecule has 1 spiro atoms. The van der Waals surface area contributed by atoms with Crippen molar-refractivity contribution >= 4 is 23.4 Å². The van der Waals surface area contributed by atoms with Crippen LogP contribution in [0.1, 0.15) is 12.8 Å². The van der Waals surface area contributed by atoms with Crippen LogP contribution in [0.5, 0.6) is 0 Å². The minimum Gasteiger partial charge on any atom is -0.480 e. The first-order valence-corrected chi connectivity index (χ1v) is 6.42. The van der Waals surface area contributed by atoms with E-state index in [1.807, 2.05) is 18.2 Å². The molecule has 3 rings (SSSR count). The maximum Gasteiger partial charge on any atom is 0.316 e. The molecule has 0 aromatic rings. The van der Waals surface area contributed by atoms with E-state index in [0.717, 1.165) is 25.1 Å². The van der Waals surface area contributed by atoms with Crippen molar-refractivity contribution in [2.24, 2.45) is 10.9 Å². The number of rotatable bonds is 1. The second-order valence-electron chi connectivity index (χ2n) is 4.44. The summed E-state index contributed by atoms with van der Waals surface area (Å²) < 4.78 is -0.143. The minimum absolute atomic E-state index is 0.143. The Morgan fingerprint density at radius 3 is 3.25 bits per heavy atom. The molecule has 0 radical (unpaired) electrons.